The van der Waals surface area contributed by atoms with E-state index in [1.165, 1.54) is 0 Å². The molecule has 2 aliphatic heterocycles. The third-order valence-corrected chi connectivity index (χ3v) is 5.32. The fourth-order valence-corrected chi connectivity index (χ4v) is 3.75. The van der Waals surface area contributed by atoms with E-state index in [4.69, 9.17) is 10.5 Å². The molecule has 0 radical (unpaired) electrons. The number of nitrogens with zero attached hydrogens (tertiary/aromatic N) is 2. The van der Waals surface area contributed by atoms with Gasteiger partial charge in [0.05, 0.1) is 17.7 Å². The lowest BCUT2D eigenvalue weighted by molar-refractivity contribution is -0.0902. The zero-order valence-electron chi connectivity index (χ0n) is 12.6. The summed E-state index contributed by atoms with van der Waals surface area (Å²) in [5, 5.41) is 0. The first-order valence-corrected chi connectivity index (χ1v) is 8.27. The molecule has 2 unspecified atom stereocenters. The number of hydrogen-bond donors (Lipinski definition) is 1. The number of hydrogen-bond acceptors (Lipinski definition) is 4. The quantitative estimate of drug-likeness (QED) is 0.889. The van der Waals surface area contributed by atoms with Gasteiger partial charge in [0.1, 0.15) is 0 Å². The Morgan fingerprint density at radius 3 is 2.76 bits per heavy atom. The van der Waals surface area contributed by atoms with Gasteiger partial charge in [0, 0.05) is 23.2 Å². The first-order chi connectivity index (χ1) is 9.98. The van der Waals surface area contributed by atoms with E-state index in [-0.39, 0.29) is 11.1 Å². The van der Waals surface area contributed by atoms with Crippen LogP contribution in [-0.2, 0) is 4.74 Å². The summed E-state index contributed by atoms with van der Waals surface area (Å²) in [4.78, 5) is 6.76. The van der Waals surface area contributed by atoms with Gasteiger partial charge in [0.15, 0.2) is 5.96 Å². The van der Waals surface area contributed by atoms with E-state index in [9.17, 15) is 0 Å². The Labute approximate surface area is 134 Å². The lowest BCUT2D eigenvalue weighted by Gasteiger charge is -2.48. The van der Waals surface area contributed by atoms with E-state index in [1.807, 2.05) is 12.1 Å². The van der Waals surface area contributed by atoms with Crippen LogP contribution in [0.5, 0.6) is 0 Å². The zero-order valence-corrected chi connectivity index (χ0v) is 14.2. The second kappa shape index (κ2) is 5.29. The van der Waals surface area contributed by atoms with Crippen molar-refractivity contribution >= 4 is 27.6 Å². The fourth-order valence-electron chi connectivity index (χ4n) is 3.48. The van der Waals surface area contributed by atoms with Gasteiger partial charge in [-0.3, -0.25) is 4.99 Å². The first kappa shape index (κ1) is 14.9. The molecule has 1 saturated heterocycles. The Morgan fingerprint density at radius 2 is 2.10 bits per heavy atom. The van der Waals surface area contributed by atoms with Crippen molar-refractivity contribution in [3.8, 4) is 0 Å². The van der Waals surface area contributed by atoms with Crippen LogP contribution in [-0.4, -0.2) is 30.3 Å². The molecule has 0 bridgehead atoms. The van der Waals surface area contributed by atoms with E-state index in [1.54, 1.807) is 0 Å². The Balaban J connectivity index is 1.96. The average molecular weight is 352 g/mol. The fraction of sp³-hybridized carbons (Fsp3) is 0.562. The number of guanidine groups is 1. The number of benzene rings is 1. The predicted octanol–water partition coefficient (Wildman–Crippen LogP) is 3.30. The summed E-state index contributed by atoms with van der Waals surface area (Å²) in [6.07, 6.45) is 2.92. The molecule has 1 spiro atoms. The highest BCUT2D eigenvalue weighted by Crippen LogP contribution is 2.42. The summed E-state index contributed by atoms with van der Waals surface area (Å²) in [5.41, 5.74) is 7.18. The molecule has 0 aromatic heterocycles. The van der Waals surface area contributed by atoms with Crippen LogP contribution in [0.1, 0.15) is 33.1 Å². The molecule has 1 fully saturated rings. The smallest absolute Gasteiger partial charge is 0.196 e. The van der Waals surface area contributed by atoms with Crippen LogP contribution in [0, 0.1) is 0 Å². The molecule has 0 saturated carbocycles. The summed E-state index contributed by atoms with van der Waals surface area (Å²) < 4.78 is 7.08. The number of nitrogens with two attached hydrogens (primary N) is 1. The highest BCUT2D eigenvalue weighted by molar-refractivity contribution is 9.10. The Kier molecular flexibility index (Phi) is 3.74. The first-order valence-electron chi connectivity index (χ1n) is 7.48. The number of halogens is 1. The molecule has 2 N–H and O–H groups in total. The van der Waals surface area contributed by atoms with Gasteiger partial charge >= 0.3 is 0 Å². The van der Waals surface area contributed by atoms with Crippen molar-refractivity contribution in [2.24, 2.45) is 10.7 Å². The van der Waals surface area contributed by atoms with Crippen molar-refractivity contribution in [1.82, 2.24) is 0 Å². The van der Waals surface area contributed by atoms with Crippen molar-refractivity contribution in [2.75, 3.05) is 18.1 Å². The summed E-state index contributed by atoms with van der Waals surface area (Å²) in [5.74, 6) is 0.623. The minimum atomic E-state index is -0.0913. The van der Waals surface area contributed by atoms with Crippen molar-refractivity contribution in [3.05, 3.63) is 28.7 Å². The maximum atomic E-state index is 6.21. The minimum Gasteiger partial charge on any atom is -0.375 e. The highest BCUT2D eigenvalue weighted by atomic mass is 79.9. The van der Waals surface area contributed by atoms with Crippen LogP contribution in [0.15, 0.2) is 33.7 Å². The monoisotopic (exact) mass is 351 g/mol. The molecule has 2 atom stereocenters. The van der Waals surface area contributed by atoms with Crippen LogP contribution in [0.25, 0.3) is 0 Å². The molecule has 114 valence electrons. The molecule has 3 rings (SSSR count). The van der Waals surface area contributed by atoms with Gasteiger partial charge in [-0.15, -0.1) is 0 Å². The van der Waals surface area contributed by atoms with Crippen LogP contribution in [0.2, 0.25) is 0 Å². The van der Waals surface area contributed by atoms with Crippen molar-refractivity contribution in [1.29, 1.82) is 0 Å². The number of anilines is 1. The van der Waals surface area contributed by atoms with Crippen LogP contribution < -0.4 is 10.6 Å². The number of rotatable bonds is 2. The maximum Gasteiger partial charge on any atom is 0.196 e. The van der Waals surface area contributed by atoms with E-state index in [0.717, 1.165) is 42.6 Å². The second-order valence-corrected chi connectivity index (χ2v) is 7.20. The maximum absolute atomic E-state index is 6.21. The largest absolute Gasteiger partial charge is 0.375 e. The van der Waals surface area contributed by atoms with Gasteiger partial charge in [-0.05, 0) is 44.0 Å². The normalized spacial score (nSPS) is 32.5. The number of ether oxygens (including phenoxy) is 1. The molecule has 21 heavy (non-hydrogen) atoms. The molecule has 4 nitrogen and oxygen atoms in total. The SMILES string of the molecule is CCC1(C)CC2(CCO1)CN=C(N)N2c1ccc(Br)cc1. The van der Waals surface area contributed by atoms with E-state index < -0.39 is 0 Å². The second-order valence-electron chi connectivity index (χ2n) is 6.29. The van der Waals surface area contributed by atoms with Gasteiger partial charge < -0.3 is 15.4 Å². The molecule has 0 amide bonds. The van der Waals surface area contributed by atoms with Crippen LogP contribution >= 0.6 is 15.9 Å². The van der Waals surface area contributed by atoms with Gasteiger partial charge in [-0.1, -0.05) is 22.9 Å². The molecular formula is C16H22BrN3O. The topological polar surface area (TPSA) is 50.9 Å². The van der Waals surface area contributed by atoms with Gasteiger partial charge in [0.2, 0.25) is 0 Å². The molecule has 1 aromatic carbocycles. The van der Waals surface area contributed by atoms with E-state index in [0.29, 0.717) is 5.96 Å². The predicted molar refractivity (Wildman–Crippen MR) is 89.7 cm³/mol. The van der Waals surface area contributed by atoms with Gasteiger partial charge in [-0.25, -0.2) is 0 Å². The number of aliphatic imine (C=N–C) groups is 1. The van der Waals surface area contributed by atoms with Gasteiger partial charge in [-0.2, -0.15) is 0 Å². The molecule has 1 aromatic rings. The third-order valence-electron chi connectivity index (χ3n) is 4.79. The minimum absolute atomic E-state index is 0.0408. The molecular weight excluding hydrogens is 330 g/mol. The average Bonchev–Trinajstić information content (AvgIpc) is 2.77. The van der Waals surface area contributed by atoms with Crippen LogP contribution in [0.4, 0.5) is 5.69 Å². The summed E-state index contributed by atoms with van der Waals surface area (Å²) in [6.45, 7) is 5.90. The highest BCUT2D eigenvalue weighted by Gasteiger charge is 2.50. The van der Waals surface area contributed by atoms with Crippen LogP contribution in [0.3, 0.4) is 0 Å². The van der Waals surface area contributed by atoms with E-state index >= 15 is 0 Å². The zero-order chi connectivity index (χ0) is 15.1. The van der Waals surface area contributed by atoms with Gasteiger partial charge in [0.25, 0.3) is 0 Å². The summed E-state index contributed by atoms with van der Waals surface area (Å²) in [6, 6.07) is 8.29. The molecule has 2 aliphatic rings. The Hall–Kier alpha value is -1.07. The Bertz CT molecular complexity index is 559. The molecule has 5 heteroatoms. The standard InChI is InChI=1S/C16H22BrN3O/c1-3-15(2)10-16(8-9-21-15)11-19-14(18)20(16)13-6-4-12(17)5-7-13/h4-7H,3,8-11H2,1-2H3,(H2,18,19). The molecule has 2 heterocycles. The summed E-state index contributed by atoms with van der Waals surface area (Å²) in [7, 11) is 0. The van der Waals surface area contributed by atoms with Crippen molar-refractivity contribution < 1.29 is 4.74 Å². The lowest BCUT2D eigenvalue weighted by Crippen LogP contribution is -2.59. The molecule has 0 aliphatic carbocycles. The van der Waals surface area contributed by atoms with Crippen molar-refractivity contribution in [3.63, 3.8) is 0 Å². The van der Waals surface area contributed by atoms with E-state index in [2.05, 4.69) is 51.8 Å². The summed E-state index contributed by atoms with van der Waals surface area (Å²) >= 11 is 3.49. The third kappa shape index (κ3) is 2.57. The van der Waals surface area contributed by atoms with Crippen molar-refractivity contribution in [2.45, 2.75) is 44.2 Å². The lowest BCUT2D eigenvalue weighted by atomic mass is 9.78. The Morgan fingerprint density at radius 1 is 1.38 bits per heavy atom.